The number of aromatic nitrogens is 2. The van der Waals surface area contributed by atoms with Crippen LogP contribution in [-0.4, -0.2) is 40.9 Å². The standard InChI is InChI=1S/C10H14N2O4/c1-3-15-4-5-16-10-11-7(2)6-8(12-10)9(13)14/h6H,3-5H2,1-2H3,(H,13,14). The minimum Gasteiger partial charge on any atom is -0.477 e. The van der Waals surface area contributed by atoms with Gasteiger partial charge in [-0.15, -0.1) is 0 Å². The highest BCUT2D eigenvalue weighted by atomic mass is 16.5. The van der Waals surface area contributed by atoms with Crippen molar-refractivity contribution in [1.82, 2.24) is 9.97 Å². The number of carboxylic acids is 1. The van der Waals surface area contributed by atoms with Crippen LogP contribution in [0.5, 0.6) is 6.01 Å². The van der Waals surface area contributed by atoms with Crippen LogP contribution in [-0.2, 0) is 4.74 Å². The first kappa shape index (κ1) is 12.4. The SMILES string of the molecule is CCOCCOc1nc(C)cc(C(=O)O)n1. The molecule has 0 atom stereocenters. The highest BCUT2D eigenvalue weighted by Crippen LogP contribution is 2.06. The van der Waals surface area contributed by atoms with E-state index in [1.807, 2.05) is 6.92 Å². The van der Waals surface area contributed by atoms with E-state index in [9.17, 15) is 4.79 Å². The molecule has 88 valence electrons. The topological polar surface area (TPSA) is 81.5 Å². The highest BCUT2D eigenvalue weighted by molar-refractivity contribution is 5.85. The number of hydrogen-bond acceptors (Lipinski definition) is 5. The van der Waals surface area contributed by atoms with E-state index in [1.54, 1.807) is 6.92 Å². The molecule has 0 saturated heterocycles. The number of nitrogens with zero attached hydrogens (tertiary/aromatic N) is 2. The summed E-state index contributed by atoms with van der Waals surface area (Å²) in [6.45, 7) is 4.90. The second-order valence-corrected chi connectivity index (χ2v) is 3.03. The van der Waals surface area contributed by atoms with Gasteiger partial charge in [0, 0.05) is 12.3 Å². The predicted octanol–water partition coefficient (Wildman–Crippen LogP) is 0.899. The molecule has 0 saturated carbocycles. The molecule has 0 fully saturated rings. The summed E-state index contributed by atoms with van der Waals surface area (Å²) < 4.78 is 10.2. The van der Waals surface area contributed by atoms with E-state index in [0.717, 1.165) is 0 Å². The summed E-state index contributed by atoms with van der Waals surface area (Å²) in [5.41, 5.74) is 0.484. The molecule has 6 nitrogen and oxygen atoms in total. The van der Waals surface area contributed by atoms with Crippen LogP contribution in [0.1, 0.15) is 23.1 Å². The Morgan fingerprint density at radius 1 is 1.44 bits per heavy atom. The Hall–Kier alpha value is -1.69. The predicted molar refractivity (Wildman–Crippen MR) is 55.7 cm³/mol. The second kappa shape index (κ2) is 6.02. The lowest BCUT2D eigenvalue weighted by Gasteiger charge is -2.05. The third-order valence-corrected chi connectivity index (χ3v) is 1.72. The first-order valence-corrected chi connectivity index (χ1v) is 4.93. The molecule has 0 aliphatic carbocycles. The molecule has 0 spiro atoms. The van der Waals surface area contributed by atoms with Crippen molar-refractivity contribution in [2.45, 2.75) is 13.8 Å². The Morgan fingerprint density at radius 2 is 2.19 bits per heavy atom. The lowest BCUT2D eigenvalue weighted by atomic mass is 10.3. The lowest BCUT2D eigenvalue weighted by molar-refractivity contribution is 0.0687. The molecule has 0 aliphatic heterocycles. The fourth-order valence-corrected chi connectivity index (χ4v) is 1.05. The largest absolute Gasteiger partial charge is 0.477 e. The summed E-state index contributed by atoms with van der Waals surface area (Å²) in [6.07, 6.45) is 0. The normalized spacial score (nSPS) is 10.1. The molecule has 0 bridgehead atoms. The molecule has 6 heteroatoms. The minimum absolute atomic E-state index is 0.0668. The van der Waals surface area contributed by atoms with Crippen LogP contribution in [0, 0.1) is 6.92 Å². The van der Waals surface area contributed by atoms with Gasteiger partial charge in [0.1, 0.15) is 6.61 Å². The Balaban J connectivity index is 2.62. The number of ether oxygens (including phenoxy) is 2. The van der Waals surface area contributed by atoms with E-state index < -0.39 is 5.97 Å². The Kier molecular flexibility index (Phi) is 4.65. The first-order chi connectivity index (χ1) is 7.63. The summed E-state index contributed by atoms with van der Waals surface area (Å²) in [4.78, 5) is 18.4. The van der Waals surface area contributed by atoms with Crippen LogP contribution in [0.25, 0.3) is 0 Å². The molecule has 16 heavy (non-hydrogen) atoms. The van der Waals surface area contributed by atoms with E-state index >= 15 is 0 Å². The van der Waals surface area contributed by atoms with Crippen LogP contribution in [0.15, 0.2) is 6.07 Å². The van der Waals surface area contributed by atoms with Gasteiger partial charge in [0.15, 0.2) is 5.69 Å². The van der Waals surface area contributed by atoms with E-state index in [4.69, 9.17) is 14.6 Å². The number of aromatic carboxylic acids is 1. The molecule has 1 N–H and O–H groups in total. The fraction of sp³-hybridized carbons (Fsp3) is 0.500. The minimum atomic E-state index is -1.10. The maximum Gasteiger partial charge on any atom is 0.354 e. The zero-order chi connectivity index (χ0) is 12.0. The van der Waals surface area contributed by atoms with Crippen LogP contribution in [0.2, 0.25) is 0 Å². The van der Waals surface area contributed by atoms with Crippen LogP contribution in [0.4, 0.5) is 0 Å². The van der Waals surface area contributed by atoms with Gasteiger partial charge in [-0.2, -0.15) is 4.98 Å². The number of hydrogen-bond donors (Lipinski definition) is 1. The number of carbonyl (C=O) groups is 1. The number of rotatable bonds is 6. The van der Waals surface area contributed by atoms with E-state index in [2.05, 4.69) is 9.97 Å². The van der Waals surface area contributed by atoms with Crippen LogP contribution in [0.3, 0.4) is 0 Å². The summed E-state index contributed by atoms with van der Waals surface area (Å²) >= 11 is 0. The average molecular weight is 226 g/mol. The van der Waals surface area contributed by atoms with Gasteiger partial charge in [-0.1, -0.05) is 0 Å². The maximum atomic E-state index is 10.7. The van der Waals surface area contributed by atoms with Crippen molar-refractivity contribution < 1.29 is 19.4 Å². The van der Waals surface area contributed by atoms with Gasteiger partial charge < -0.3 is 14.6 Å². The summed E-state index contributed by atoms with van der Waals surface area (Å²) in [6, 6.07) is 1.45. The van der Waals surface area contributed by atoms with Crippen molar-refractivity contribution >= 4 is 5.97 Å². The first-order valence-electron chi connectivity index (χ1n) is 4.93. The van der Waals surface area contributed by atoms with E-state index in [-0.39, 0.29) is 11.7 Å². The molecular formula is C10H14N2O4. The monoisotopic (exact) mass is 226 g/mol. The zero-order valence-electron chi connectivity index (χ0n) is 9.27. The van der Waals surface area contributed by atoms with Gasteiger partial charge in [0.2, 0.25) is 0 Å². The molecule has 1 aromatic rings. The van der Waals surface area contributed by atoms with E-state index in [1.165, 1.54) is 6.07 Å². The van der Waals surface area contributed by atoms with Crippen LogP contribution < -0.4 is 4.74 Å². The molecular weight excluding hydrogens is 212 g/mol. The molecule has 0 aliphatic rings. The van der Waals surface area contributed by atoms with Crippen molar-refractivity contribution in [3.63, 3.8) is 0 Å². The van der Waals surface area contributed by atoms with Gasteiger partial charge in [0.25, 0.3) is 0 Å². The third kappa shape index (κ3) is 3.82. The van der Waals surface area contributed by atoms with Gasteiger partial charge in [-0.25, -0.2) is 9.78 Å². The molecule has 0 amide bonds. The number of carboxylic acid groups (broad SMARTS) is 1. The Labute approximate surface area is 93.2 Å². The average Bonchev–Trinajstić information content (AvgIpc) is 2.23. The van der Waals surface area contributed by atoms with Gasteiger partial charge in [0.05, 0.1) is 6.61 Å². The van der Waals surface area contributed by atoms with Crippen molar-refractivity contribution in [2.24, 2.45) is 0 Å². The summed E-state index contributed by atoms with van der Waals surface area (Å²) in [5.74, 6) is -1.10. The maximum absolute atomic E-state index is 10.7. The zero-order valence-corrected chi connectivity index (χ0v) is 9.27. The summed E-state index contributed by atoms with van der Waals surface area (Å²) in [7, 11) is 0. The van der Waals surface area contributed by atoms with Gasteiger partial charge in [-0.05, 0) is 19.9 Å². The molecule has 0 radical (unpaired) electrons. The molecule has 0 unspecified atom stereocenters. The van der Waals surface area contributed by atoms with Crippen molar-refractivity contribution in [3.05, 3.63) is 17.5 Å². The van der Waals surface area contributed by atoms with E-state index in [0.29, 0.717) is 25.5 Å². The second-order valence-electron chi connectivity index (χ2n) is 3.03. The molecule has 0 aromatic carbocycles. The molecule has 1 aromatic heterocycles. The summed E-state index contributed by atoms with van der Waals surface area (Å²) in [5, 5.41) is 8.77. The third-order valence-electron chi connectivity index (χ3n) is 1.72. The Morgan fingerprint density at radius 3 is 2.81 bits per heavy atom. The quantitative estimate of drug-likeness (QED) is 0.726. The Bertz CT molecular complexity index is 368. The van der Waals surface area contributed by atoms with Gasteiger partial charge in [-0.3, -0.25) is 0 Å². The lowest BCUT2D eigenvalue weighted by Crippen LogP contribution is -2.11. The fourth-order valence-electron chi connectivity index (χ4n) is 1.05. The molecule has 1 rings (SSSR count). The van der Waals surface area contributed by atoms with Gasteiger partial charge >= 0.3 is 12.0 Å². The number of aryl methyl sites for hydroxylation is 1. The van der Waals surface area contributed by atoms with Crippen molar-refractivity contribution in [1.29, 1.82) is 0 Å². The smallest absolute Gasteiger partial charge is 0.354 e. The van der Waals surface area contributed by atoms with Crippen molar-refractivity contribution in [3.8, 4) is 6.01 Å². The van der Waals surface area contributed by atoms with Crippen LogP contribution >= 0.6 is 0 Å². The highest BCUT2D eigenvalue weighted by Gasteiger charge is 2.09. The molecule has 1 heterocycles. The van der Waals surface area contributed by atoms with Crippen molar-refractivity contribution in [2.75, 3.05) is 19.8 Å².